The zero-order valence-electron chi connectivity index (χ0n) is 12.0. The summed E-state index contributed by atoms with van der Waals surface area (Å²) >= 11 is 11.0. The minimum absolute atomic E-state index is 0.608. The van der Waals surface area contributed by atoms with Gasteiger partial charge in [0, 0.05) is 0 Å². The van der Waals surface area contributed by atoms with Crippen molar-refractivity contribution in [1.82, 2.24) is 0 Å². The number of hydrogen-bond donors (Lipinski definition) is 0. The maximum absolute atomic E-state index is 13.0. The zero-order valence-corrected chi connectivity index (χ0v) is 13.5. The second kappa shape index (κ2) is 7.25. The van der Waals surface area contributed by atoms with Crippen molar-refractivity contribution in [3.05, 3.63) is 57.6 Å². The first kappa shape index (κ1) is 19.6. The zero-order chi connectivity index (χ0) is 18.8. The van der Waals surface area contributed by atoms with Gasteiger partial charge in [-0.15, -0.1) is 0 Å². The molecule has 0 bridgehead atoms. The van der Waals surface area contributed by atoms with Crippen molar-refractivity contribution in [3.8, 4) is 11.5 Å². The van der Waals surface area contributed by atoms with Crippen LogP contribution in [0.2, 0.25) is 10.0 Å². The first-order chi connectivity index (χ1) is 11.5. The molecule has 0 amide bonds. The Labute approximate surface area is 148 Å². The summed E-state index contributed by atoms with van der Waals surface area (Å²) in [6.07, 6.45) is -9.61. The van der Waals surface area contributed by atoms with Crippen molar-refractivity contribution in [1.29, 1.82) is 0 Å². The van der Waals surface area contributed by atoms with E-state index in [0.717, 1.165) is 24.3 Å². The van der Waals surface area contributed by atoms with Crippen molar-refractivity contribution < 1.29 is 35.7 Å². The van der Waals surface area contributed by atoms with E-state index in [1.807, 2.05) is 0 Å². The lowest BCUT2D eigenvalue weighted by molar-refractivity contribution is -0.138. The summed E-state index contributed by atoms with van der Waals surface area (Å²) in [5.74, 6) is -1.34. The van der Waals surface area contributed by atoms with Crippen LogP contribution in [-0.2, 0) is 12.4 Å². The molecule has 134 valence electrons. The predicted octanol–water partition coefficient (Wildman–Crippen LogP) is 5.76. The van der Waals surface area contributed by atoms with Crippen LogP contribution in [-0.4, -0.2) is 7.69 Å². The predicted molar refractivity (Wildman–Crippen MR) is 81.3 cm³/mol. The molecule has 0 aliphatic rings. The van der Waals surface area contributed by atoms with Crippen LogP contribution in [0.1, 0.15) is 11.1 Å². The summed E-state index contributed by atoms with van der Waals surface area (Å²) in [5, 5.41) is -1.22. The summed E-state index contributed by atoms with van der Waals surface area (Å²) in [5.41, 5.74) is -2.50. The van der Waals surface area contributed by atoms with Gasteiger partial charge in [-0.3, -0.25) is 0 Å². The number of rotatable bonds is 4. The van der Waals surface area contributed by atoms with Crippen molar-refractivity contribution >= 4 is 30.9 Å². The van der Waals surface area contributed by atoms with Crippen molar-refractivity contribution in [2.75, 3.05) is 0 Å². The Morgan fingerprint density at radius 1 is 0.680 bits per heavy atom. The number of halogens is 8. The molecule has 0 heterocycles. The van der Waals surface area contributed by atoms with Crippen LogP contribution in [0.3, 0.4) is 0 Å². The van der Waals surface area contributed by atoms with Gasteiger partial charge in [-0.25, -0.2) is 0 Å². The third-order valence-corrected chi connectivity index (χ3v) is 3.58. The Balaban J connectivity index is 2.21. The van der Waals surface area contributed by atoms with E-state index in [0.29, 0.717) is 0 Å². The molecule has 2 aromatic rings. The van der Waals surface area contributed by atoms with Gasteiger partial charge in [0.05, 0.1) is 10.0 Å². The standard InChI is InChI=1S/C14H7BCl2F6O2/c16-7-3-1-5-9(11(7)13(18,19)20)24-15-25-10-6-2-4-8(17)12(10)14(21,22)23/h1-6,15H. The van der Waals surface area contributed by atoms with Gasteiger partial charge in [0.1, 0.15) is 22.6 Å². The van der Waals surface area contributed by atoms with E-state index in [-0.39, 0.29) is 0 Å². The highest BCUT2D eigenvalue weighted by Crippen LogP contribution is 2.42. The van der Waals surface area contributed by atoms with Crippen LogP contribution in [0.4, 0.5) is 26.3 Å². The molecule has 0 aliphatic carbocycles. The van der Waals surface area contributed by atoms with E-state index in [1.54, 1.807) is 0 Å². The first-order valence-electron chi connectivity index (χ1n) is 6.49. The Kier molecular flexibility index (Phi) is 5.68. The first-order valence-corrected chi connectivity index (χ1v) is 7.24. The molecule has 11 heteroatoms. The van der Waals surface area contributed by atoms with Crippen LogP contribution in [0, 0.1) is 0 Å². The molecular formula is C14H7BCl2F6O2. The third kappa shape index (κ3) is 4.67. The Morgan fingerprint density at radius 3 is 1.36 bits per heavy atom. The third-order valence-electron chi connectivity index (χ3n) is 2.95. The fraction of sp³-hybridized carbons (Fsp3) is 0.143. The van der Waals surface area contributed by atoms with Gasteiger partial charge in [0.2, 0.25) is 0 Å². The summed E-state index contributed by atoms with van der Waals surface area (Å²) in [6, 6.07) is 6.37. The Hall–Kier alpha value is -1.74. The summed E-state index contributed by atoms with van der Waals surface area (Å²) in [4.78, 5) is 0. The lowest BCUT2D eigenvalue weighted by atomic mass is 10.1. The van der Waals surface area contributed by atoms with Gasteiger partial charge in [-0.2, -0.15) is 26.3 Å². The van der Waals surface area contributed by atoms with Gasteiger partial charge in [0.15, 0.2) is 0 Å². The molecule has 0 fully saturated rings. The van der Waals surface area contributed by atoms with E-state index in [2.05, 4.69) is 0 Å². The molecular weight excluding hydrogens is 396 g/mol. The number of alkyl halides is 6. The molecule has 2 nitrogen and oxygen atoms in total. The number of hydrogen-bond acceptors (Lipinski definition) is 2. The molecule has 0 aliphatic heterocycles. The van der Waals surface area contributed by atoms with Crippen LogP contribution >= 0.6 is 23.2 Å². The fourth-order valence-corrected chi connectivity index (χ4v) is 2.50. The van der Waals surface area contributed by atoms with E-state index in [4.69, 9.17) is 32.5 Å². The molecule has 0 N–H and O–H groups in total. The highest BCUT2D eigenvalue weighted by atomic mass is 35.5. The van der Waals surface area contributed by atoms with Crippen LogP contribution in [0.15, 0.2) is 36.4 Å². The number of benzene rings is 2. The van der Waals surface area contributed by atoms with Gasteiger partial charge < -0.3 is 9.31 Å². The van der Waals surface area contributed by atoms with Crippen molar-refractivity contribution in [2.24, 2.45) is 0 Å². The molecule has 0 atom stereocenters. The van der Waals surface area contributed by atoms with Gasteiger partial charge in [-0.1, -0.05) is 35.3 Å². The molecule has 25 heavy (non-hydrogen) atoms. The SMILES string of the molecule is FC(F)(F)c1c(Cl)cccc1OBOc1cccc(Cl)c1C(F)(F)F. The molecule has 0 saturated heterocycles. The summed E-state index contributed by atoms with van der Waals surface area (Å²) in [6.45, 7) is 0. The maximum atomic E-state index is 13.0. The van der Waals surface area contributed by atoms with Crippen LogP contribution in [0.5, 0.6) is 11.5 Å². The molecule has 2 aromatic carbocycles. The second-order valence-electron chi connectivity index (χ2n) is 4.63. The molecule has 0 unspecified atom stereocenters. The van der Waals surface area contributed by atoms with Gasteiger partial charge >= 0.3 is 20.0 Å². The quantitative estimate of drug-likeness (QED) is 0.478. The molecule has 2 rings (SSSR count). The highest BCUT2D eigenvalue weighted by Gasteiger charge is 2.38. The molecule has 0 aromatic heterocycles. The smallest absolute Gasteiger partial charge is 0.528 e. The topological polar surface area (TPSA) is 18.5 Å². The summed E-state index contributed by atoms with van der Waals surface area (Å²) < 4.78 is 87.4. The van der Waals surface area contributed by atoms with E-state index in [1.165, 1.54) is 12.1 Å². The van der Waals surface area contributed by atoms with E-state index < -0.39 is 52.7 Å². The van der Waals surface area contributed by atoms with E-state index in [9.17, 15) is 26.3 Å². The molecule has 0 saturated carbocycles. The van der Waals surface area contributed by atoms with Gasteiger partial charge in [-0.05, 0) is 24.3 Å². The second-order valence-corrected chi connectivity index (χ2v) is 5.44. The van der Waals surface area contributed by atoms with Gasteiger partial charge in [0.25, 0.3) is 0 Å². The maximum Gasteiger partial charge on any atom is 0.576 e. The van der Waals surface area contributed by atoms with Crippen LogP contribution < -0.4 is 9.31 Å². The highest BCUT2D eigenvalue weighted by molar-refractivity contribution is 6.32. The Morgan fingerprint density at radius 2 is 1.04 bits per heavy atom. The monoisotopic (exact) mass is 402 g/mol. The largest absolute Gasteiger partial charge is 0.576 e. The average molecular weight is 403 g/mol. The lowest BCUT2D eigenvalue weighted by Crippen LogP contribution is -2.17. The minimum atomic E-state index is -4.80. The summed E-state index contributed by atoms with van der Waals surface area (Å²) in [7, 11) is -0.910. The fourth-order valence-electron chi connectivity index (χ4n) is 1.96. The Bertz CT molecular complexity index is 700. The van der Waals surface area contributed by atoms with Crippen molar-refractivity contribution in [2.45, 2.75) is 12.4 Å². The lowest BCUT2D eigenvalue weighted by Gasteiger charge is -2.17. The minimum Gasteiger partial charge on any atom is -0.528 e. The van der Waals surface area contributed by atoms with Crippen molar-refractivity contribution in [3.63, 3.8) is 0 Å². The van der Waals surface area contributed by atoms with Crippen LogP contribution in [0.25, 0.3) is 0 Å². The normalized spacial score (nSPS) is 12.0. The average Bonchev–Trinajstić information content (AvgIpc) is 2.44. The molecule has 0 spiro atoms. The van der Waals surface area contributed by atoms with E-state index >= 15 is 0 Å². The molecule has 0 radical (unpaired) electrons.